The van der Waals surface area contributed by atoms with Crippen LogP contribution in [-0.4, -0.2) is 54.3 Å². The molecule has 2 unspecified atom stereocenters. The van der Waals surface area contributed by atoms with E-state index in [1.165, 1.54) is 25.3 Å². The van der Waals surface area contributed by atoms with Gasteiger partial charge >= 0.3 is 5.97 Å². The lowest BCUT2D eigenvalue weighted by Gasteiger charge is -2.17. The van der Waals surface area contributed by atoms with E-state index in [9.17, 15) is 24.8 Å². The average Bonchev–Trinajstić information content (AvgIpc) is 3.11. The number of nitro groups is 1. The van der Waals surface area contributed by atoms with Gasteiger partial charge in [0.2, 0.25) is 5.91 Å². The number of benzene rings is 1. The van der Waals surface area contributed by atoms with Crippen molar-refractivity contribution in [2.75, 3.05) is 25.6 Å². The number of rotatable bonds is 9. The monoisotopic (exact) mass is 367 g/mol. The lowest BCUT2D eigenvalue weighted by molar-refractivity contribution is -0.384. The lowest BCUT2D eigenvalue weighted by Crippen LogP contribution is -2.43. The molecule has 1 fully saturated rings. The molecule has 1 saturated heterocycles. The van der Waals surface area contributed by atoms with Crippen LogP contribution in [0.25, 0.3) is 0 Å². The first-order valence-corrected chi connectivity index (χ1v) is 8.10. The van der Waals surface area contributed by atoms with Crippen LogP contribution in [0.4, 0.5) is 11.4 Å². The number of hydrogen-bond donors (Lipinski definition) is 3. The molecule has 10 nitrogen and oxygen atoms in total. The van der Waals surface area contributed by atoms with Crippen LogP contribution in [-0.2, 0) is 14.3 Å². The number of non-ortho nitro benzene ring substituents is 1. The summed E-state index contributed by atoms with van der Waals surface area (Å²) in [7, 11) is 1.32. The highest BCUT2D eigenvalue weighted by Gasteiger charge is 2.24. The minimum atomic E-state index is -1.14. The van der Waals surface area contributed by atoms with Gasteiger partial charge in [0.05, 0.1) is 36.3 Å². The maximum Gasteiger partial charge on any atom is 0.321 e. The summed E-state index contributed by atoms with van der Waals surface area (Å²) in [4.78, 5) is 33.7. The first kappa shape index (κ1) is 19.6. The second-order valence-corrected chi connectivity index (χ2v) is 5.83. The number of amides is 1. The second-order valence-electron chi connectivity index (χ2n) is 5.83. The molecule has 0 saturated carbocycles. The molecule has 0 radical (unpaired) electrons. The molecule has 0 bridgehead atoms. The molecule has 1 aliphatic heterocycles. The van der Waals surface area contributed by atoms with Gasteiger partial charge in [-0.05, 0) is 18.9 Å². The van der Waals surface area contributed by atoms with Crippen molar-refractivity contribution in [3.8, 4) is 5.75 Å². The summed E-state index contributed by atoms with van der Waals surface area (Å²) in [6, 6.07) is 2.68. The molecule has 0 spiro atoms. The zero-order valence-electron chi connectivity index (χ0n) is 14.3. The van der Waals surface area contributed by atoms with Crippen molar-refractivity contribution in [2.24, 2.45) is 0 Å². The highest BCUT2D eigenvalue weighted by Crippen LogP contribution is 2.29. The molecule has 3 N–H and O–H groups in total. The van der Waals surface area contributed by atoms with Crippen molar-refractivity contribution in [2.45, 2.75) is 31.4 Å². The van der Waals surface area contributed by atoms with E-state index in [1.54, 1.807) is 0 Å². The molecule has 2 atom stereocenters. The number of aliphatic carboxylic acids is 1. The van der Waals surface area contributed by atoms with E-state index in [1.807, 2.05) is 0 Å². The maximum atomic E-state index is 12.2. The number of methoxy groups -OCH3 is 1. The third-order valence-corrected chi connectivity index (χ3v) is 3.97. The number of carbonyl (C=O) groups is 2. The quantitative estimate of drug-likeness (QED) is 0.436. The third kappa shape index (κ3) is 5.39. The van der Waals surface area contributed by atoms with Gasteiger partial charge in [-0.1, -0.05) is 0 Å². The normalized spacial score (nSPS) is 17.5. The molecule has 1 heterocycles. The molecule has 10 heteroatoms. The van der Waals surface area contributed by atoms with Crippen LogP contribution >= 0.6 is 0 Å². The smallest absolute Gasteiger partial charge is 0.321 e. The fourth-order valence-electron chi connectivity index (χ4n) is 2.61. The summed E-state index contributed by atoms with van der Waals surface area (Å²) >= 11 is 0. The van der Waals surface area contributed by atoms with Crippen LogP contribution in [0.5, 0.6) is 5.75 Å². The Morgan fingerprint density at radius 2 is 2.27 bits per heavy atom. The molecule has 1 aliphatic rings. The fourth-order valence-corrected chi connectivity index (χ4v) is 2.61. The number of carbonyl (C=O) groups excluding carboxylic acids is 1. The minimum Gasteiger partial charge on any atom is -0.494 e. The van der Waals surface area contributed by atoms with Crippen LogP contribution in [0, 0.1) is 10.1 Å². The molecular formula is C16H21N3O7. The van der Waals surface area contributed by atoms with Gasteiger partial charge in [0.1, 0.15) is 11.8 Å². The summed E-state index contributed by atoms with van der Waals surface area (Å²) in [5.74, 6) is -1.58. The zero-order chi connectivity index (χ0) is 19.1. The Morgan fingerprint density at radius 3 is 2.85 bits per heavy atom. The van der Waals surface area contributed by atoms with Crippen LogP contribution in [0.2, 0.25) is 0 Å². The number of carboxylic acids is 1. The summed E-state index contributed by atoms with van der Waals surface area (Å²) in [5, 5.41) is 25.4. The predicted octanol–water partition coefficient (Wildman–Crippen LogP) is 1.15. The Hall–Kier alpha value is -2.72. The van der Waals surface area contributed by atoms with Gasteiger partial charge in [0.25, 0.3) is 5.69 Å². The average molecular weight is 367 g/mol. The van der Waals surface area contributed by atoms with Crippen molar-refractivity contribution in [1.29, 1.82) is 0 Å². The van der Waals surface area contributed by atoms with E-state index in [0.29, 0.717) is 13.2 Å². The Bertz CT molecular complexity index is 674. The van der Waals surface area contributed by atoms with Gasteiger partial charge in [0, 0.05) is 19.2 Å². The van der Waals surface area contributed by atoms with Crippen LogP contribution in [0.3, 0.4) is 0 Å². The molecule has 0 aliphatic carbocycles. The highest BCUT2D eigenvalue weighted by molar-refractivity contribution is 5.95. The van der Waals surface area contributed by atoms with Crippen molar-refractivity contribution in [1.82, 2.24) is 5.32 Å². The Labute approximate surface area is 149 Å². The van der Waals surface area contributed by atoms with E-state index < -0.39 is 22.8 Å². The molecule has 26 heavy (non-hydrogen) atoms. The van der Waals surface area contributed by atoms with Crippen LogP contribution in [0.1, 0.15) is 19.3 Å². The highest BCUT2D eigenvalue weighted by atomic mass is 16.6. The molecule has 1 amide bonds. The molecule has 0 aromatic heterocycles. The SMILES string of the molecule is COc1cc([N+](=O)[O-])ccc1NC(=O)CC(NCC1CCCO1)C(=O)O. The van der Waals surface area contributed by atoms with E-state index >= 15 is 0 Å². The number of nitrogens with zero attached hydrogens (tertiary/aromatic N) is 1. The minimum absolute atomic E-state index is 0.0466. The van der Waals surface area contributed by atoms with E-state index in [4.69, 9.17) is 9.47 Å². The van der Waals surface area contributed by atoms with Gasteiger partial charge in [0.15, 0.2) is 0 Å². The first-order valence-electron chi connectivity index (χ1n) is 8.10. The fraction of sp³-hybridized carbons (Fsp3) is 0.500. The standard InChI is InChI=1S/C16H21N3O7/c1-25-14-7-10(19(23)24)4-5-12(14)18-15(20)8-13(16(21)22)17-9-11-3-2-6-26-11/h4-5,7,11,13,17H,2-3,6,8-9H2,1H3,(H,18,20)(H,21,22). The Balaban J connectivity index is 1.96. The Kier molecular flexibility index (Phi) is 6.87. The van der Waals surface area contributed by atoms with Gasteiger partial charge in [-0.15, -0.1) is 0 Å². The number of anilines is 1. The van der Waals surface area contributed by atoms with Crippen molar-refractivity contribution < 1.29 is 29.1 Å². The number of ether oxygens (including phenoxy) is 2. The second kappa shape index (κ2) is 9.11. The predicted molar refractivity (Wildman–Crippen MR) is 91.3 cm³/mol. The van der Waals surface area contributed by atoms with Gasteiger partial charge in [-0.25, -0.2) is 0 Å². The van der Waals surface area contributed by atoms with Gasteiger partial charge < -0.3 is 25.2 Å². The molecule has 142 valence electrons. The zero-order valence-corrected chi connectivity index (χ0v) is 14.3. The molecule has 1 aromatic rings. The largest absolute Gasteiger partial charge is 0.494 e. The topological polar surface area (TPSA) is 140 Å². The van der Waals surface area contributed by atoms with E-state index in [2.05, 4.69) is 10.6 Å². The lowest BCUT2D eigenvalue weighted by atomic mass is 10.1. The van der Waals surface area contributed by atoms with Crippen molar-refractivity contribution in [3.05, 3.63) is 28.3 Å². The summed E-state index contributed by atoms with van der Waals surface area (Å²) in [5.41, 5.74) is 0.0489. The molecule has 2 rings (SSSR count). The van der Waals surface area contributed by atoms with Crippen LogP contribution in [0.15, 0.2) is 18.2 Å². The number of nitro benzene ring substituents is 1. The first-order chi connectivity index (χ1) is 12.4. The number of hydrogen-bond acceptors (Lipinski definition) is 7. The molecule has 1 aromatic carbocycles. The third-order valence-electron chi connectivity index (χ3n) is 3.97. The van der Waals surface area contributed by atoms with Crippen LogP contribution < -0.4 is 15.4 Å². The number of nitrogens with one attached hydrogen (secondary N) is 2. The van der Waals surface area contributed by atoms with E-state index in [-0.39, 0.29) is 29.6 Å². The molecular weight excluding hydrogens is 346 g/mol. The summed E-state index contributed by atoms with van der Waals surface area (Å²) < 4.78 is 10.5. The van der Waals surface area contributed by atoms with Crippen molar-refractivity contribution in [3.63, 3.8) is 0 Å². The van der Waals surface area contributed by atoms with E-state index in [0.717, 1.165) is 12.8 Å². The summed E-state index contributed by atoms with van der Waals surface area (Å²) in [6.45, 7) is 1.01. The van der Waals surface area contributed by atoms with Gasteiger partial charge in [-0.3, -0.25) is 19.7 Å². The summed E-state index contributed by atoms with van der Waals surface area (Å²) in [6.07, 6.45) is 1.44. The number of carboxylic acid groups (broad SMARTS) is 1. The van der Waals surface area contributed by atoms with Crippen molar-refractivity contribution >= 4 is 23.3 Å². The maximum absolute atomic E-state index is 12.2. The van der Waals surface area contributed by atoms with Gasteiger partial charge in [-0.2, -0.15) is 0 Å². The Morgan fingerprint density at radius 1 is 1.50 bits per heavy atom.